The highest BCUT2D eigenvalue weighted by atomic mass is 19.1. The molecule has 1 fully saturated rings. The zero-order valence-electron chi connectivity index (χ0n) is 11.0. The molecule has 1 unspecified atom stereocenters. The van der Waals surface area contributed by atoms with E-state index in [9.17, 15) is 18.8 Å². The number of carboxylic acid groups (broad SMARTS) is 1. The van der Waals surface area contributed by atoms with Gasteiger partial charge in [0.1, 0.15) is 11.9 Å². The van der Waals surface area contributed by atoms with Gasteiger partial charge in [0, 0.05) is 24.2 Å². The van der Waals surface area contributed by atoms with Gasteiger partial charge in [-0.15, -0.1) is 0 Å². The van der Waals surface area contributed by atoms with Crippen LogP contribution in [-0.4, -0.2) is 46.9 Å². The highest BCUT2D eigenvalue weighted by Gasteiger charge is 2.32. The molecule has 1 aromatic carbocycles. The van der Waals surface area contributed by atoms with E-state index < -0.39 is 23.7 Å². The molecule has 1 aromatic rings. The third-order valence-corrected chi connectivity index (χ3v) is 3.27. The Kier molecular flexibility index (Phi) is 4.18. The highest BCUT2D eigenvalue weighted by molar-refractivity contribution is 5.92. The van der Waals surface area contributed by atoms with Crippen molar-refractivity contribution in [3.63, 3.8) is 0 Å². The maximum atomic E-state index is 13.8. The number of benzene rings is 1. The standard InChI is InChI=1S/C13H14FN3O4/c14-9-2-1-7(12(15)19)3-8(9)5-17-6-11(18)16-4-10(17)13(20)21/h1-3,10H,4-6H2,(H2,15,19)(H,16,18)(H,20,21). The summed E-state index contributed by atoms with van der Waals surface area (Å²) in [6.07, 6.45) is 0. The van der Waals surface area contributed by atoms with Crippen molar-refractivity contribution >= 4 is 17.8 Å². The molecule has 0 radical (unpaired) electrons. The molecule has 2 rings (SSSR count). The maximum absolute atomic E-state index is 13.8. The first kappa shape index (κ1) is 14.9. The lowest BCUT2D eigenvalue weighted by atomic mass is 10.1. The Morgan fingerprint density at radius 2 is 2.19 bits per heavy atom. The number of amides is 2. The summed E-state index contributed by atoms with van der Waals surface area (Å²) in [5, 5.41) is 11.6. The average Bonchev–Trinajstić information content (AvgIpc) is 2.40. The van der Waals surface area contributed by atoms with E-state index >= 15 is 0 Å². The first-order valence-electron chi connectivity index (χ1n) is 6.20. The number of nitrogens with one attached hydrogen (secondary N) is 1. The first-order valence-corrected chi connectivity index (χ1v) is 6.20. The van der Waals surface area contributed by atoms with Crippen LogP contribution in [0.2, 0.25) is 0 Å². The van der Waals surface area contributed by atoms with E-state index in [-0.39, 0.29) is 36.7 Å². The molecule has 21 heavy (non-hydrogen) atoms. The van der Waals surface area contributed by atoms with E-state index in [2.05, 4.69) is 5.32 Å². The van der Waals surface area contributed by atoms with E-state index in [0.29, 0.717) is 0 Å². The summed E-state index contributed by atoms with van der Waals surface area (Å²) in [5.74, 6) is -2.74. The molecular weight excluding hydrogens is 281 g/mol. The number of hydrogen-bond donors (Lipinski definition) is 3. The van der Waals surface area contributed by atoms with Crippen LogP contribution < -0.4 is 11.1 Å². The summed E-state index contributed by atoms with van der Waals surface area (Å²) < 4.78 is 13.8. The van der Waals surface area contributed by atoms with Gasteiger partial charge in [-0.2, -0.15) is 0 Å². The topological polar surface area (TPSA) is 113 Å². The number of primary amides is 1. The summed E-state index contributed by atoms with van der Waals surface area (Å²) >= 11 is 0. The van der Waals surface area contributed by atoms with Crippen LogP contribution in [0.15, 0.2) is 18.2 Å². The van der Waals surface area contributed by atoms with Crippen molar-refractivity contribution in [2.45, 2.75) is 12.6 Å². The van der Waals surface area contributed by atoms with Crippen LogP contribution in [0.25, 0.3) is 0 Å². The van der Waals surface area contributed by atoms with Gasteiger partial charge in [-0.1, -0.05) is 0 Å². The Balaban J connectivity index is 2.26. The van der Waals surface area contributed by atoms with Crippen LogP contribution in [0.4, 0.5) is 4.39 Å². The van der Waals surface area contributed by atoms with Crippen LogP contribution in [0.1, 0.15) is 15.9 Å². The van der Waals surface area contributed by atoms with Crippen LogP contribution >= 0.6 is 0 Å². The van der Waals surface area contributed by atoms with Crippen LogP contribution in [0, 0.1) is 5.82 Å². The zero-order chi connectivity index (χ0) is 15.6. The minimum absolute atomic E-state index is 0.0503. The van der Waals surface area contributed by atoms with Crippen molar-refractivity contribution in [1.29, 1.82) is 0 Å². The molecular formula is C13H14FN3O4. The predicted octanol–water partition coefficient (Wildman–Crippen LogP) is -0.690. The van der Waals surface area contributed by atoms with Crippen LogP contribution in [0.3, 0.4) is 0 Å². The second-order valence-electron chi connectivity index (χ2n) is 4.73. The van der Waals surface area contributed by atoms with Gasteiger partial charge in [0.15, 0.2) is 0 Å². The molecule has 1 aliphatic heterocycles. The molecule has 0 aromatic heterocycles. The molecule has 1 saturated heterocycles. The number of hydrogen-bond acceptors (Lipinski definition) is 4. The first-order chi connectivity index (χ1) is 9.88. The van der Waals surface area contributed by atoms with Crippen molar-refractivity contribution in [1.82, 2.24) is 10.2 Å². The third kappa shape index (κ3) is 3.34. The Labute approximate surface area is 119 Å². The fraction of sp³-hybridized carbons (Fsp3) is 0.308. The van der Waals surface area contributed by atoms with Crippen LogP contribution in [0.5, 0.6) is 0 Å². The van der Waals surface area contributed by atoms with Crippen molar-refractivity contribution in [2.24, 2.45) is 5.73 Å². The van der Waals surface area contributed by atoms with Crippen molar-refractivity contribution in [3.05, 3.63) is 35.1 Å². The average molecular weight is 295 g/mol. The summed E-state index contributed by atoms with van der Waals surface area (Å²) in [5.41, 5.74) is 5.37. The van der Waals surface area contributed by atoms with E-state index in [1.165, 1.54) is 17.0 Å². The van der Waals surface area contributed by atoms with Gasteiger partial charge in [0.25, 0.3) is 0 Å². The number of rotatable bonds is 4. The maximum Gasteiger partial charge on any atom is 0.322 e. The van der Waals surface area contributed by atoms with E-state index in [1.807, 2.05) is 0 Å². The van der Waals surface area contributed by atoms with E-state index in [4.69, 9.17) is 10.8 Å². The third-order valence-electron chi connectivity index (χ3n) is 3.27. The minimum Gasteiger partial charge on any atom is -0.480 e. The normalized spacial score (nSPS) is 19.1. The predicted molar refractivity (Wildman–Crippen MR) is 69.8 cm³/mol. The summed E-state index contributed by atoms with van der Waals surface area (Å²) in [4.78, 5) is 35.0. The Hall–Kier alpha value is -2.48. The van der Waals surface area contributed by atoms with Gasteiger partial charge >= 0.3 is 5.97 Å². The number of aliphatic carboxylic acids is 1. The van der Waals surface area contributed by atoms with Gasteiger partial charge < -0.3 is 16.2 Å². The molecule has 112 valence electrons. The molecule has 1 aliphatic rings. The lowest BCUT2D eigenvalue weighted by Gasteiger charge is -2.32. The quantitative estimate of drug-likeness (QED) is 0.680. The molecule has 4 N–H and O–H groups in total. The van der Waals surface area contributed by atoms with Crippen LogP contribution in [-0.2, 0) is 16.1 Å². The molecule has 0 aliphatic carbocycles. The lowest BCUT2D eigenvalue weighted by molar-refractivity contribution is -0.146. The molecule has 2 amide bonds. The van der Waals surface area contributed by atoms with Gasteiger partial charge in [-0.25, -0.2) is 4.39 Å². The summed E-state index contributed by atoms with van der Waals surface area (Å²) in [6.45, 7) is -0.306. The fourth-order valence-corrected chi connectivity index (χ4v) is 2.17. The second-order valence-corrected chi connectivity index (χ2v) is 4.73. The number of carbonyl (C=O) groups is 3. The molecule has 7 nitrogen and oxygen atoms in total. The summed E-state index contributed by atoms with van der Waals surface area (Å²) in [6, 6.07) is 2.66. The number of carbonyl (C=O) groups excluding carboxylic acids is 2. The number of halogens is 1. The van der Waals surface area contributed by atoms with Gasteiger partial charge in [0.2, 0.25) is 11.8 Å². The molecule has 1 atom stereocenters. The molecule has 0 bridgehead atoms. The Morgan fingerprint density at radius 1 is 1.48 bits per heavy atom. The second kappa shape index (κ2) is 5.88. The summed E-state index contributed by atoms with van der Waals surface area (Å²) in [7, 11) is 0. The molecule has 1 heterocycles. The lowest BCUT2D eigenvalue weighted by Crippen LogP contribution is -2.57. The van der Waals surface area contributed by atoms with Crippen molar-refractivity contribution in [3.8, 4) is 0 Å². The largest absolute Gasteiger partial charge is 0.480 e. The number of nitrogens with two attached hydrogens (primary N) is 1. The number of carboxylic acids is 1. The van der Waals surface area contributed by atoms with Gasteiger partial charge in [-0.05, 0) is 18.2 Å². The molecule has 8 heteroatoms. The fourth-order valence-electron chi connectivity index (χ4n) is 2.17. The molecule has 0 spiro atoms. The molecule has 0 saturated carbocycles. The minimum atomic E-state index is -1.11. The monoisotopic (exact) mass is 295 g/mol. The number of nitrogens with zero attached hydrogens (tertiary/aromatic N) is 1. The Morgan fingerprint density at radius 3 is 2.81 bits per heavy atom. The zero-order valence-corrected chi connectivity index (χ0v) is 11.0. The van der Waals surface area contributed by atoms with Gasteiger partial charge in [0.05, 0.1) is 6.54 Å². The van der Waals surface area contributed by atoms with Crippen molar-refractivity contribution < 1.29 is 23.9 Å². The van der Waals surface area contributed by atoms with Crippen molar-refractivity contribution in [2.75, 3.05) is 13.1 Å². The number of piperazine rings is 1. The SMILES string of the molecule is NC(=O)c1ccc(F)c(CN2CC(=O)NCC2C(=O)O)c1. The van der Waals surface area contributed by atoms with Gasteiger partial charge in [-0.3, -0.25) is 19.3 Å². The smallest absolute Gasteiger partial charge is 0.322 e. The van der Waals surface area contributed by atoms with E-state index in [1.54, 1.807) is 0 Å². The highest BCUT2D eigenvalue weighted by Crippen LogP contribution is 2.16. The van der Waals surface area contributed by atoms with E-state index in [0.717, 1.165) is 6.07 Å². The Bertz CT molecular complexity index is 605.